The van der Waals surface area contributed by atoms with Crippen molar-refractivity contribution in [2.24, 2.45) is 5.73 Å². The number of rotatable bonds is 4. The molecule has 2 fully saturated rings. The Morgan fingerprint density at radius 3 is 2.58 bits per heavy atom. The van der Waals surface area contributed by atoms with Crippen LogP contribution < -0.4 is 5.73 Å². The molecule has 0 aliphatic carbocycles. The second-order valence-corrected chi connectivity index (χ2v) is 6.68. The quantitative estimate of drug-likeness (QED) is 0.849. The minimum atomic E-state index is 0.708. The Labute approximate surface area is 119 Å². The molecule has 0 saturated carbocycles. The minimum absolute atomic E-state index is 0.708. The van der Waals surface area contributed by atoms with Gasteiger partial charge in [0.05, 0.1) is 0 Å². The zero-order valence-electron chi connectivity index (χ0n) is 13.0. The highest BCUT2D eigenvalue weighted by molar-refractivity contribution is 4.86. The first-order valence-corrected chi connectivity index (χ1v) is 8.42. The summed E-state index contributed by atoms with van der Waals surface area (Å²) in [5.74, 6) is 0. The molecule has 0 bridgehead atoms. The van der Waals surface area contributed by atoms with Crippen molar-refractivity contribution >= 4 is 0 Å². The number of hydrogen-bond acceptors (Lipinski definition) is 3. The van der Waals surface area contributed by atoms with Gasteiger partial charge in [-0.3, -0.25) is 4.90 Å². The molecular formula is C16H33N3. The van der Waals surface area contributed by atoms with Gasteiger partial charge in [0.2, 0.25) is 0 Å². The third-order valence-corrected chi connectivity index (χ3v) is 5.10. The lowest BCUT2D eigenvalue weighted by Gasteiger charge is -2.41. The van der Waals surface area contributed by atoms with Crippen molar-refractivity contribution < 1.29 is 0 Å². The Kier molecular flexibility index (Phi) is 6.11. The average molecular weight is 267 g/mol. The van der Waals surface area contributed by atoms with Gasteiger partial charge >= 0.3 is 0 Å². The van der Waals surface area contributed by atoms with E-state index in [2.05, 4.69) is 23.6 Å². The SMILES string of the molecule is CC(C)N1CCCC(N2CCCCC2CCN)CC1. The van der Waals surface area contributed by atoms with Gasteiger partial charge in [0.1, 0.15) is 0 Å². The number of piperidine rings is 1. The summed E-state index contributed by atoms with van der Waals surface area (Å²) in [4.78, 5) is 5.47. The molecule has 112 valence electrons. The van der Waals surface area contributed by atoms with Crippen molar-refractivity contribution in [2.75, 3.05) is 26.2 Å². The highest BCUT2D eigenvalue weighted by Crippen LogP contribution is 2.27. The van der Waals surface area contributed by atoms with Gasteiger partial charge in [-0.05, 0) is 78.6 Å². The number of hydrogen-bond donors (Lipinski definition) is 1. The van der Waals surface area contributed by atoms with Crippen LogP contribution in [0.3, 0.4) is 0 Å². The molecule has 0 amide bonds. The first-order chi connectivity index (χ1) is 9.22. The van der Waals surface area contributed by atoms with Crippen LogP contribution in [0.25, 0.3) is 0 Å². The molecule has 2 aliphatic heterocycles. The number of likely N-dealkylation sites (tertiary alicyclic amines) is 2. The maximum Gasteiger partial charge on any atom is 0.0111 e. The molecule has 2 N–H and O–H groups in total. The van der Waals surface area contributed by atoms with E-state index in [0.717, 1.165) is 18.6 Å². The van der Waals surface area contributed by atoms with E-state index in [1.165, 1.54) is 64.6 Å². The van der Waals surface area contributed by atoms with Crippen LogP contribution in [0.1, 0.15) is 58.8 Å². The van der Waals surface area contributed by atoms with Gasteiger partial charge in [0.15, 0.2) is 0 Å². The van der Waals surface area contributed by atoms with Crippen LogP contribution >= 0.6 is 0 Å². The Balaban J connectivity index is 1.92. The first-order valence-electron chi connectivity index (χ1n) is 8.42. The number of nitrogens with zero attached hydrogens (tertiary/aromatic N) is 2. The van der Waals surface area contributed by atoms with Gasteiger partial charge in [0.25, 0.3) is 0 Å². The largest absolute Gasteiger partial charge is 0.330 e. The summed E-state index contributed by atoms with van der Waals surface area (Å²) in [6.07, 6.45) is 9.50. The molecule has 0 radical (unpaired) electrons. The Bertz CT molecular complexity index is 252. The van der Waals surface area contributed by atoms with Gasteiger partial charge in [-0.15, -0.1) is 0 Å². The van der Waals surface area contributed by atoms with E-state index in [-0.39, 0.29) is 0 Å². The normalized spacial score (nSPS) is 31.6. The van der Waals surface area contributed by atoms with Crippen LogP contribution in [0.15, 0.2) is 0 Å². The summed E-state index contributed by atoms with van der Waals surface area (Å²) in [6.45, 7) is 9.41. The van der Waals surface area contributed by atoms with E-state index < -0.39 is 0 Å². The predicted octanol–water partition coefficient (Wildman–Crippen LogP) is 2.45. The van der Waals surface area contributed by atoms with E-state index >= 15 is 0 Å². The summed E-state index contributed by atoms with van der Waals surface area (Å²) in [7, 11) is 0. The Morgan fingerprint density at radius 1 is 1.00 bits per heavy atom. The lowest BCUT2D eigenvalue weighted by Crippen LogP contribution is -2.47. The molecule has 0 aromatic heterocycles. The van der Waals surface area contributed by atoms with Gasteiger partial charge < -0.3 is 10.6 Å². The number of nitrogens with two attached hydrogens (primary N) is 1. The summed E-state index contributed by atoms with van der Waals surface area (Å²) < 4.78 is 0. The smallest absolute Gasteiger partial charge is 0.0111 e. The van der Waals surface area contributed by atoms with Crippen LogP contribution in [-0.2, 0) is 0 Å². The van der Waals surface area contributed by atoms with E-state index in [1.807, 2.05) is 0 Å². The van der Waals surface area contributed by atoms with Crippen molar-refractivity contribution in [2.45, 2.75) is 76.9 Å². The van der Waals surface area contributed by atoms with Crippen LogP contribution in [-0.4, -0.2) is 54.1 Å². The molecule has 3 nitrogen and oxygen atoms in total. The Morgan fingerprint density at radius 2 is 1.84 bits per heavy atom. The molecule has 2 aliphatic rings. The maximum absolute atomic E-state index is 5.81. The zero-order valence-corrected chi connectivity index (χ0v) is 13.0. The van der Waals surface area contributed by atoms with Gasteiger partial charge in [-0.2, -0.15) is 0 Å². The molecule has 2 rings (SSSR count). The van der Waals surface area contributed by atoms with Crippen molar-refractivity contribution in [3.63, 3.8) is 0 Å². The third-order valence-electron chi connectivity index (χ3n) is 5.10. The Hall–Kier alpha value is -0.120. The lowest BCUT2D eigenvalue weighted by molar-refractivity contribution is 0.0804. The molecule has 3 heteroatoms. The maximum atomic E-state index is 5.81. The minimum Gasteiger partial charge on any atom is -0.330 e. The zero-order chi connectivity index (χ0) is 13.7. The lowest BCUT2D eigenvalue weighted by atomic mass is 9.95. The van der Waals surface area contributed by atoms with E-state index in [0.29, 0.717) is 6.04 Å². The summed E-state index contributed by atoms with van der Waals surface area (Å²) >= 11 is 0. The molecule has 19 heavy (non-hydrogen) atoms. The molecule has 2 unspecified atom stereocenters. The predicted molar refractivity (Wildman–Crippen MR) is 82.4 cm³/mol. The molecule has 2 heterocycles. The van der Waals surface area contributed by atoms with Gasteiger partial charge in [-0.1, -0.05) is 6.42 Å². The van der Waals surface area contributed by atoms with Crippen molar-refractivity contribution in [3.8, 4) is 0 Å². The van der Waals surface area contributed by atoms with E-state index in [4.69, 9.17) is 5.73 Å². The van der Waals surface area contributed by atoms with Crippen molar-refractivity contribution in [1.82, 2.24) is 9.80 Å². The molecule has 2 atom stereocenters. The third kappa shape index (κ3) is 4.17. The highest BCUT2D eigenvalue weighted by Gasteiger charge is 2.29. The molecule has 2 saturated heterocycles. The fourth-order valence-corrected chi connectivity index (χ4v) is 3.96. The van der Waals surface area contributed by atoms with Gasteiger partial charge in [0, 0.05) is 18.1 Å². The molecular weight excluding hydrogens is 234 g/mol. The standard InChI is InChI=1S/C16H33N3/c1-14(2)18-11-5-7-16(9-13-18)19-12-4-3-6-15(19)8-10-17/h14-16H,3-13,17H2,1-2H3. The van der Waals surface area contributed by atoms with E-state index in [1.54, 1.807) is 0 Å². The summed E-state index contributed by atoms with van der Waals surface area (Å²) in [5, 5.41) is 0. The fraction of sp³-hybridized carbons (Fsp3) is 1.00. The molecule has 0 aromatic carbocycles. The summed E-state index contributed by atoms with van der Waals surface area (Å²) in [5.41, 5.74) is 5.81. The first kappa shape index (κ1) is 15.3. The highest BCUT2D eigenvalue weighted by atomic mass is 15.2. The van der Waals surface area contributed by atoms with Crippen LogP contribution in [0, 0.1) is 0 Å². The summed E-state index contributed by atoms with van der Waals surface area (Å²) in [6, 6.07) is 2.30. The van der Waals surface area contributed by atoms with Crippen LogP contribution in [0.5, 0.6) is 0 Å². The van der Waals surface area contributed by atoms with Crippen molar-refractivity contribution in [3.05, 3.63) is 0 Å². The fourth-order valence-electron chi connectivity index (χ4n) is 3.96. The van der Waals surface area contributed by atoms with Crippen LogP contribution in [0.2, 0.25) is 0 Å². The molecule has 0 spiro atoms. The second kappa shape index (κ2) is 7.61. The second-order valence-electron chi connectivity index (χ2n) is 6.68. The average Bonchev–Trinajstić information content (AvgIpc) is 2.65. The monoisotopic (exact) mass is 267 g/mol. The molecule has 0 aromatic rings. The van der Waals surface area contributed by atoms with E-state index in [9.17, 15) is 0 Å². The van der Waals surface area contributed by atoms with Gasteiger partial charge in [-0.25, -0.2) is 0 Å². The topological polar surface area (TPSA) is 32.5 Å². The van der Waals surface area contributed by atoms with Crippen LogP contribution in [0.4, 0.5) is 0 Å². The van der Waals surface area contributed by atoms with Crippen molar-refractivity contribution in [1.29, 1.82) is 0 Å².